The van der Waals surface area contributed by atoms with Gasteiger partial charge in [-0.1, -0.05) is 40.5 Å². The molecular formula is C16H17N3O. The van der Waals surface area contributed by atoms with Gasteiger partial charge >= 0.3 is 0 Å². The van der Waals surface area contributed by atoms with E-state index < -0.39 is 0 Å². The second-order valence-electron chi connectivity index (χ2n) is 5.10. The molecule has 3 rings (SSSR count). The van der Waals surface area contributed by atoms with Crippen LogP contribution in [0.3, 0.4) is 0 Å². The van der Waals surface area contributed by atoms with Crippen LogP contribution in [0, 0.1) is 13.8 Å². The van der Waals surface area contributed by atoms with Crippen molar-refractivity contribution in [3.63, 3.8) is 0 Å². The van der Waals surface area contributed by atoms with Gasteiger partial charge in [0.25, 0.3) is 0 Å². The topological polar surface area (TPSA) is 64.1 Å². The minimum absolute atomic E-state index is 0.673. The molecule has 3 N–H and O–H groups in total. The highest BCUT2D eigenvalue weighted by molar-refractivity contribution is 5.97. The number of fused-ring (bicyclic) bond motifs is 1. The van der Waals surface area contributed by atoms with Crippen LogP contribution in [0.4, 0.5) is 11.5 Å². The normalized spacial score (nSPS) is 10.9. The van der Waals surface area contributed by atoms with Crippen LogP contribution in [-0.4, -0.2) is 5.16 Å². The van der Waals surface area contributed by atoms with E-state index in [9.17, 15) is 0 Å². The summed E-state index contributed by atoms with van der Waals surface area (Å²) in [6.07, 6.45) is 0. The summed E-state index contributed by atoms with van der Waals surface area (Å²) in [6.45, 7) is 4.89. The number of aromatic nitrogens is 1. The Hall–Kier alpha value is -2.49. The summed E-state index contributed by atoms with van der Waals surface area (Å²) in [5, 5.41) is 8.19. The zero-order valence-corrected chi connectivity index (χ0v) is 11.6. The molecule has 0 bridgehead atoms. The number of nitrogens with two attached hydrogens (primary N) is 1. The molecule has 0 aliphatic carbocycles. The largest absolute Gasteiger partial charge is 0.398 e. The predicted octanol–water partition coefficient (Wildman–Crippen LogP) is 3.64. The quantitative estimate of drug-likeness (QED) is 0.711. The first kappa shape index (κ1) is 12.5. The van der Waals surface area contributed by atoms with E-state index in [4.69, 9.17) is 10.3 Å². The van der Waals surface area contributed by atoms with E-state index in [0.717, 1.165) is 5.39 Å². The average molecular weight is 267 g/mol. The number of nitrogens with zero attached hydrogens (tertiary/aromatic N) is 1. The first-order chi connectivity index (χ1) is 9.63. The summed E-state index contributed by atoms with van der Waals surface area (Å²) in [5.41, 5.74) is 11.1. The Morgan fingerprint density at radius 2 is 1.90 bits per heavy atom. The molecular weight excluding hydrogens is 250 g/mol. The third-order valence-corrected chi connectivity index (χ3v) is 3.27. The lowest BCUT2D eigenvalue weighted by atomic mass is 10.1. The van der Waals surface area contributed by atoms with Crippen molar-refractivity contribution < 1.29 is 4.52 Å². The molecule has 0 aliphatic rings. The number of aryl methyl sites for hydroxylation is 2. The van der Waals surface area contributed by atoms with Gasteiger partial charge in [-0.05, 0) is 31.5 Å². The molecule has 20 heavy (non-hydrogen) atoms. The van der Waals surface area contributed by atoms with Crippen molar-refractivity contribution in [2.75, 3.05) is 11.1 Å². The van der Waals surface area contributed by atoms with Gasteiger partial charge in [-0.25, -0.2) is 0 Å². The maximum Gasteiger partial charge on any atom is 0.179 e. The van der Waals surface area contributed by atoms with Crippen LogP contribution in [0.5, 0.6) is 0 Å². The van der Waals surface area contributed by atoms with Crippen molar-refractivity contribution in [1.29, 1.82) is 0 Å². The van der Waals surface area contributed by atoms with E-state index in [1.807, 2.05) is 18.2 Å². The van der Waals surface area contributed by atoms with Gasteiger partial charge in [-0.2, -0.15) is 0 Å². The first-order valence-corrected chi connectivity index (χ1v) is 6.58. The van der Waals surface area contributed by atoms with Crippen molar-refractivity contribution in [3.05, 3.63) is 53.1 Å². The van der Waals surface area contributed by atoms with Gasteiger partial charge in [0.15, 0.2) is 11.4 Å². The van der Waals surface area contributed by atoms with Crippen LogP contribution in [-0.2, 0) is 6.54 Å². The molecule has 0 aliphatic heterocycles. The molecule has 0 amide bonds. The summed E-state index contributed by atoms with van der Waals surface area (Å²) in [4.78, 5) is 0. The summed E-state index contributed by atoms with van der Waals surface area (Å²) >= 11 is 0. The number of hydrogen-bond donors (Lipinski definition) is 2. The summed E-state index contributed by atoms with van der Waals surface area (Å²) in [5.74, 6) is 0.692. The second kappa shape index (κ2) is 4.89. The Morgan fingerprint density at radius 3 is 2.65 bits per heavy atom. The zero-order chi connectivity index (χ0) is 14.1. The summed E-state index contributed by atoms with van der Waals surface area (Å²) < 4.78 is 5.27. The fourth-order valence-electron chi connectivity index (χ4n) is 2.50. The number of anilines is 2. The molecule has 102 valence electrons. The minimum atomic E-state index is 0.673. The predicted molar refractivity (Wildman–Crippen MR) is 81.7 cm³/mol. The van der Waals surface area contributed by atoms with E-state index in [2.05, 4.69) is 42.5 Å². The number of nitrogen functional groups attached to an aromatic ring is 1. The lowest BCUT2D eigenvalue weighted by molar-refractivity contribution is 0.459. The molecule has 4 heteroatoms. The van der Waals surface area contributed by atoms with Gasteiger partial charge in [0.05, 0.1) is 5.39 Å². The molecule has 2 aromatic carbocycles. The molecule has 0 saturated carbocycles. The molecule has 0 unspecified atom stereocenters. The highest BCUT2D eigenvalue weighted by atomic mass is 16.5. The molecule has 1 aromatic heterocycles. The maximum absolute atomic E-state index is 5.98. The van der Waals surface area contributed by atoms with Gasteiger partial charge in [-0.3, -0.25) is 0 Å². The molecule has 0 fully saturated rings. The fourth-order valence-corrected chi connectivity index (χ4v) is 2.50. The van der Waals surface area contributed by atoms with Crippen molar-refractivity contribution in [3.8, 4) is 0 Å². The smallest absolute Gasteiger partial charge is 0.179 e. The molecule has 0 atom stereocenters. The zero-order valence-electron chi connectivity index (χ0n) is 11.6. The number of hydrogen-bond acceptors (Lipinski definition) is 4. The third-order valence-electron chi connectivity index (χ3n) is 3.27. The number of rotatable bonds is 3. The van der Waals surface area contributed by atoms with Crippen molar-refractivity contribution in [1.82, 2.24) is 5.16 Å². The lowest BCUT2D eigenvalue weighted by Crippen LogP contribution is -2.01. The number of nitrogens with one attached hydrogen (secondary N) is 1. The highest BCUT2D eigenvalue weighted by Crippen LogP contribution is 2.28. The molecule has 3 aromatic rings. The van der Waals surface area contributed by atoms with E-state index in [1.165, 1.54) is 16.7 Å². The molecule has 0 radical (unpaired) electrons. The van der Waals surface area contributed by atoms with Crippen LogP contribution in [0.25, 0.3) is 11.0 Å². The SMILES string of the molecule is Cc1cc(C)cc(CNc2noc3cccc(N)c23)c1. The van der Waals surface area contributed by atoms with Crippen LogP contribution in [0.15, 0.2) is 40.9 Å². The summed E-state index contributed by atoms with van der Waals surface area (Å²) in [7, 11) is 0. The Kier molecular flexibility index (Phi) is 3.06. The average Bonchev–Trinajstić information content (AvgIpc) is 2.80. The Bertz CT molecular complexity index is 741. The third kappa shape index (κ3) is 2.32. The molecule has 0 saturated heterocycles. The Morgan fingerprint density at radius 1 is 1.15 bits per heavy atom. The van der Waals surface area contributed by atoms with Crippen LogP contribution in [0.1, 0.15) is 16.7 Å². The second-order valence-corrected chi connectivity index (χ2v) is 5.10. The van der Waals surface area contributed by atoms with E-state index >= 15 is 0 Å². The fraction of sp³-hybridized carbons (Fsp3) is 0.188. The minimum Gasteiger partial charge on any atom is -0.398 e. The van der Waals surface area contributed by atoms with Gasteiger partial charge in [0.2, 0.25) is 0 Å². The van der Waals surface area contributed by atoms with Crippen LogP contribution < -0.4 is 11.1 Å². The Labute approximate surface area is 117 Å². The standard InChI is InChI=1S/C16H17N3O/c1-10-6-11(2)8-12(7-10)9-18-16-15-13(17)4-3-5-14(15)20-19-16/h3-8H,9,17H2,1-2H3,(H,18,19). The highest BCUT2D eigenvalue weighted by Gasteiger charge is 2.10. The van der Waals surface area contributed by atoms with Crippen molar-refractivity contribution in [2.24, 2.45) is 0 Å². The van der Waals surface area contributed by atoms with Crippen LogP contribution >= 0.6 is 0 Å². The monoisotopic (exact) mass is 267 g/mol. The van der Waals surface area contributed by atoms with Crippen LogP contribution in [0.2, 0.25) is 0 Å². The lowest BCUT2D eigenvalue weighted by Gasteiger charge is -2.06. The van der Waals surface area contributed by atoms with Gasteiger partial charge in [0.1, 0.15) is 0 Å². The van der Waals surface area contributed by atoms with Crippen molar-refractivity contribution in [2.45, 2.75) is 20.4 Å². The van der Waals surface area contributed by atoms with Crippen molar-refractivity contribution >= 4 is 22.5 Å². The van der Waals surface area contributed by atoms with Gasteiger partial charge < -0.3 is 15.6 Å². The van der Waals surface area contributed by atoms with E-state index in [-0.39, 0.29) is 0 Å². The molecule has 0 spiro atoms. The molecule has 4 nitrogen and oxygen atoms in total. The maximum atomic E-state index is 5.98. The van der Waals surface area contributed by atoms with Gasteiger partial charge in [0, 0.05) is 12.2 Å². The molecule has 1 heterocycles. The number of benzene rings is 2. The van der Waals surface area contributed by atoms with Gasteiger partial charge in [-0.15, -0.1) is 0 Å². The summed E-state index contributed by atoms with van der Waals surface area (Å²) in [6, 6.07) is 12.0. The Balaban J connectivity index is 1.87. The van der Waals surface area contributed by atoms with E-state index in [1.54, 1.807) is 0 Å². The van der Waals surface area contributed by atoms with E-state index in [0.29, 0.717) is 23.6 Å². The first-order valence-electron chi connectivity index (χ1n) is 6.58.